The fourth-order valence-corrected chi connectivity index (χ4v) is 2.53. The molecule has 1 heterocycles. The summed E-state index contributed by atoms with van der Waals surface area (Å²) in [4.78, 5) is 11.3. The number of rotatable bonds is 5. The smallest absolute Gasteiger partial charge is 0.256 e. The molecule has 4 N–H and O–H groups in total. The minimum atomic E-state index is -3.80. The molecule has 8 heteroatoms. The highest BCUT2D eigenvalue weighted by atomic mass is 32.2. The molecule has 0 aliphatic carbocycles. The number of nitrogens with zero attached hydrogens (tertiary/aromatic N) is 1. The van der Waals surface area contributed by atoms with E-state index in [4.69, 9.17) is 5.73 Å². The number of anilines is 1. The van der Waals surface area contributed by atoms with Crippen molar-refractivity contribution in [3.8, 4) is 0 Å². The van der Waals surface area contributed by atoms with Gasteiger partial charge in [-0.3, -0.25) is 14.6 Å². The van der Waals surface area contributed by atoms with E-state index in [1.165, 1.54) is 6.08 Å². The van der Waals surface area contributed by atoms with Crippen molar-refractivity contribution in [3.63, 3.8) is 0 Å². The van der Waals surface area contributed by atoms with Crippen molar-refractivity contribution in [1.29, 1.82) is 0 Å². The Hall–Kier alpha value is -2.61. The van der Waals surface area contributed by atoms with Crippen molar-refractivity contribution >= 4 is 27.8 Å². The van der Waals surface area contributed by atoms with Crippen LogP contribution in [0.15, 0.2) is 35.7 Å². The summed E-state index contributed by atoms with van der Waals surface area (Å²) in [6, 6.07) is 8.94. The maximum absolute atomic E-state index is 12.0. The molecule has 110 valence electrons. The van der Waals surface area contributed by atoms with Gasteiger partial charge < -0.3 is 5.73 Å². The molecule has 0 aliphatic rings. The van der Waals surface area contributed by atoms with Crippen LogP contribution in [-0.2, 0) is 10.0 Å². The molecule has 0 saturated carbocycles. The standard InChI is InChI=1S/C13H14N4O3S/c1-9-11(12(14)18)13(16-15-9)17-21(19,20)8-7-10-5-3-2-4-6-10/h2-8H,1H3,(H2,14,18)(H2,15,16,17). The van der Waals surface area contributed by atoms with Crippen LogP contribution in [-0.4, -0.2) is 24.5 Å². The van der Waals surface area contributed by atoms with Gasteiger partial charge in [-0.05, 0) is 18.6 Å². The zero-order valence-electron chi connectivity index (χ0n) is 11.2. The molecule has 1 amide bonds. The van der Waals surface area contributed by atoms with Crippen LogP contribution in [0.3, 0.4) is 0 Å². The predicted molar refractivity (Wildman–Crippen MR) is 79.9 cm³/mol. The van der Waals surface area contributed by atoms with Gasteiger partial charge in [-0.15, -0.1) is 0 Å². The summed E-state index contributed by atoms with van der Waals surface area (Å²) < 4.78 is 26.1. The van der Waals surface area contributed by atoms with Gasteiger partial charge in [0, 0.05) is 5.69 Å². The van der Waals surface area contributed by atoms with E-state index in [1.54, 1.807) is 31.2 Å². The Morgan fingerprint density at radius 2 is 2.00 bits per heavy atom. The minimum absolute atomic E-state index is 0.0201. The second-order valence-electron chi connectivity index (χ2n) is 4.30. The van der Waals surface area contributed by atoms with Crippen molar-refractivity contribution in [2.24, 2.45) is 5.73 Å². The van der Waals surface area contributed by atoms with Crippen LogP contribution in [0, 0.1) is 6.92 Å². The number of carbonyl (C=O) groups excluding carboxylic acids is 1. The van der Waals surface area contributed by atoms with Gasteiger partial charge in [0.25, 0.3) is 15.9 Å². The number of aromatic amines is 1. The average molecular weight is 306 g/mol. The number of carbonyl (C=O) groups is 1. The number of amides is 1. The third kappa shape index (κ3) is 3.69. The Balaban J connectivity index is 2.23. The fraction of sp³-hybridized carbons (Fsp3) is 0.0769. The van der Waals surface area contributed by atoms with Gasteiger partial charge in [-0.1, -0.05) is 30.3 Å². The number of hydrogen-bond donors (Lipinski definition) is 3. The Bertz CT molecular complexity index is 779. The van der Waals surface area contributed by atoms with Crippen molar-refractivity contribution in [2.45, 2.75) is 6.92 Å². The van der Waals surface area contributed by atoms with Gasteiger partial charge in [0.05, 0.1) is 5.41 Å². The zero-order chi connectivity index (χ0) is 15.5. The first kappa shape index (κ1) is 14.8. The second kappa shape index (κ2) is 5.80. The Kier molecular flexibility index (Phi) is 4.08. The summed E-state index contributed by atoms with van der Waals surface area (Å²) in [6.45, 7) is 1.57. The molecule has 0 atom stereocenters. The first-order chi connectivity index (χ1) is 9.89. The maximum Gasteiger partial charge on any atom is 0.256 e. The highest BCUT2D eigenvalue weighted by Gasteiger charge is 2.18. The van der Waals surface area contributed by atoms with Crippen LogP contribution in [0.1, 0.15) is 21.6 Å². The number of aryl methyl sites for hydroxylation is 1. The average Bonchev–Trinajstić information content (AvgIpc) is 2.78. The molecule has 0 unspecified atom stereocenters. The Morgan fingerprint density at radius 1 is 1.33 bits per heavy atom. The van der Waals surface area contributed by atoms with E-state index < -0.39 is 15.9 Å². The van der Waals surface area contributed by atoms with Crippen LogP contribution in [0.2, 0.25) is 0 Å². The monoisotopic (exact) mass is 306 g/mol. The number of H-pyrrole nitrogens is 1. The summed E-state index contributed by atoms with van der Waals surface area (Å²) in [7, 11) is -3.80. The number of benzene rings is 1. The van der Waals surface area contributed by atoms with E-state index >= 15 is 0 Å². The largest absolute Gasteiger partial charge is 0.365 e. The minimum Gasteiger partial charge on any atom is -0.365 e. The van der Waals surface area contributed by atoms with Crippen LogP contribution in [0.25, 0.3) is 6.08 Å². The molecule has 1 aromatic heterocycles. The van der Waals surface area contributed by atoms with Crippen LogP contribution >= 0.6 is 0 Å². The lowest BCUT2D eigenvalue weighted by Gasteiger charge is -2.02. The first-order valence-corrected chi connectivity index (χ1v) is 7.54. The van der Waals surface area contributed by atoms with E-state index in [0.29, 0.717) is 5.69 Å². The topological polar surface area (TPSA) is 118 Å². The molecule has 1 aromatic carbocycles. The molecule has 0 saturated heterocycles. The number of sulfonamides is 1. The van der Waals surface area contributed by atoms with Crippen LogP contribution in [0.4, 0.5) is 5.82 Å². The van der Waals surface area contributed by atoms with Gasteiger partial charge in [-0.25, -0.2) is 8.42 Å². The molecule has 0 fully saturated rings. The molecule has 21 heavy (non-hydrogen) atoms. The fourth-order valence-electron chi connectivity index (χ4n) is 1.71. The maximum atomic E-state index is 12.0. The lowest BCUT2D eigenvalue weighted by atomic mass is 10.2. The number of hydrogen-bond acceptors (Lipinski definition) is 4. The molecule has 2 rings (SSSR count). The second-order valence-corrected chi connectivity index (χ2v) is 5.86. The Labute approximate surface area is 121 Å². The van der Waals surface area contributed by atoms with Crippen LogP contribution < -0.4 is 10.5 Å². The van der Waals surface area contributed by atoms with Gasteiger partial charge in [0.15, 0.2) is 5.82 Å². The molecule has 2 aromatic rings. The van der Waals surface area contributed by atoms with E-state index in [-0.39, 0.29) is 11.4 Å². The number of nitrogens with two attached hydrogens (primary N) is 1. The highest BCUT2D eigenvalue weighted by molar-refractivity contribution is 7.95. The summed E-state index contributed by atoms with van der Waals surface area (Å²) in [5.41, 5.74) is 6.34. The van der Waals surface area contributed by atoms with E-state index in [9.17, 15) is 13.2 Å². The van der Waals surface area contributed by atoms with Crippen LogP contribution in [0.5, 0.6) is 0 Å². The van der Waals surface area contributed by atoms with Crippen molar-refractivity contribution in [3.05, 3.63) is 52.6 Å². The number of nitrogens with one attached hydrogen (secondary N) is 2. The third-order valence-corrected chi connectivity index (χ3v) is 3.64. The SMILES string of the molecule is Cc1[nH]nc(NS(=O)(=O)C=Cc2ccccc2)c1C(N)=O. The Morgan fingerprint density at radius 3 is 2.62 bits per heavy atom. The molecular weight excluding hydrogens is 292 g/mol. The van der Waals surface area contributed by atoms with Crippen molar-refractivity contribution < 1.29 is 13.2 Å². The van der Waals surface area contributed by atoms with Crippen molar-refractivity contribution in [2.75, 3.05) is 4.72 Å². The van der Waals surface area contributed by atoms with Crippen molar-refractivity contribution in [1.82, 2.24) is 10.2 Å². The van der Waals surface area contributed by atoms with E-state index in [1.807, 2.05) is 6.07 Å². The number of aromatic nitrogens is 2. The summed E-state index contributed by atoms with van der Waals surface area (Å²) in [5.74, 6) is -0.872. The first-order valence-electron chi connectivity index (χ1n) is 6.00. The molecule has 0 spiro atoms. The quantitative estimate of drug-likeness (QED) is 0.769. The van der Waals surface area contributed by atoms with Gasteiger partial charge >= 0.3 is 0 Å². The highest BCUT2D eigenvalue weighted by Crippen LogP contribution is 2.17. The molecule has 0 radical (unpaired) electrons. The van der Waals surface area contributed by atoms with Gasteiger partial charge in [0.1, 0.15) is 5.56 Å². The van der Waals surface area contributed by atoms with E-state index in [0.717, 1.165) is 11.0 Å². The molecular formula is C13H14N4O3S. The summed E-state index contributed by atoms with van der Waals surface area (Å²) in [6.07, 6.45) is 1.44. The zero-order valence-corrected chi connectivity index (χ0v) is 12.0. The molecule has 7 nitrogen and oxygen atoms in total. The summed E-state index contributed by atoms with van der Waals surface area (Å²) >= 11 is 0. The summed E-state index contributed by atoms with van der Waals surface area (Å²) in [5, 5.41) is 7.24. The van der Waals surface area contributed by atoms with Gasteiger partial charge in [0.2, 0.25) is 0 Å². The molecule has 0 bridgehead atoms. The predicted octanol–water partition coefficient (Wildman–Crippen LogP) is 1.23. The third-order valence-electron chi connectivity index (χ3n) is 2.67. The lowest BCUT2D eigenvalue weighted by molar-refractivity contribution is 0.100. The van der Waals surface area contributed by atoms with Gasteiger partial charge in [-0.2, -0.15) is 5.10 Å². The van der Waals surface area contributed by atoms with E-state index in [2.05, 4.69) is 14.9 Å². The molecule has 0 aliphatic heterocycles. The number of primary amides is 1. The lowest BCUT2D eigenvalue weighted by Crippen LogP contribution is -2.17. The normalized spacial score (nSPS) is 11.7.